The summed E-state index contributed by atoms with van der Waals surface area (Å²) in [7, 11) is 0. The standard InChI is InChI=1S/C23H36O4/c1-3-5-7-9-19-10-12-20(13-11-19)23(25)16-14-21(15-17-23)27-22(24)26-18-8-6-4-2/h10-13,21,25H,3-9,14-18H2,1-2H3. The third-order valence-corrected chi connectivity index (χ3v) is 5.55. The van der Waals surface area contributed by atoms with Gasteiger partial charge < -0.3 is 14.6 Å². The number of unbranched alkanes of at least 4 members (excludes halogenated alkanes) is 4. The first-order valence-electron chi connectivity index (χ1n) is 10.7. The van der Waals surface area contributed by atoms with Crippen LogP contribution in [0.15, 0.2) is 24.3 Å². The maximum Gasteiger partial charge on any atom is 0.508 e. The van der Waals surface area contributed by atoms with Crippen molar-refractivity contribution in [2.24, 2.45) is 0 Å². The number of ether oxygens (including phenoxy) is 2. The van der Waals surface area contributed by atoms with Crippen molar-refractivity contribution in [3.8, 4) is 0 Å². The summed E-state index contributed by atoms with van der Waals surface area (Å²) in [6.07, 6.45) is 9.65. The van der Waals surface area contributed by atoms with Gasteiger partial charge in [-0.1, -0.05) is 63.8 Å². The first-order valence-corrected chi connectivity index (χ1v) is 10.7. The molecule has 0 atom stereocenters. The SMILES string of the molecule is CCCCCOC(=O)OC1CCC(O)(c2ccc(CCCCC)cc2)CC1. The molecule has 0 aliphatic heterocycles. The summed E-state index contributed by atoms with van der Waals surface area (Å²) in [5, 5.41) is 11.0. The summed E-state index contributed by atoms with van der Waals surface area (Å²) in [5.74, 6) is 0. The molecule has 0 bridgehead atoms. The number of carbonyl (C=O) groups excluding carboxylic acids is 1. The van der Waals surface area contributed by atoms with Gasteiger partial charge in [0.15, 0.2) is 0 Å². The van der Waals surface area contributed by atoms with Crippen molar-refractivity contribution < 1.29 is 19.4 Å². The number of carbonyl (C=O) groups is 1. The predicted molar refractivity (Wildman–Crippen MR) is 108 cm³/mol. The molecule has 0 radical (unpaired) electrons. The Morgan fingerprint density at radius 1 is 1.04 bits per heavy atom. The molecule has 0 unspecified atom stereocenters. The highest BCUT2D eigenvalue weighted by molar-refractivity contribution is 5.60. The Morgan fingerprint density at radius 2 is 1.67 bits per heavy atom. The second kappa shape index (κ2) is 11.3. The second-order valence-electron chi connectivity index (χ2n) is 7.81. The zero-order valence-electron chi connectivity index (χ0n) is 17.0. The van der Waals surface area contributed by atoms with Crippen LogP contribution in [0.2, 0.25) is 0 Å². The lowest BCUT2D eigenvalue weighted by atomic mass is 9.78. The number of aryl methyl sites for hydroxylation is 1. The Morgan fingerprint density at radius 3 is 2.30 bits per heavy atom. The fourth-order valence-corrected chi connectivity index (χ4v) is 3.71. The molecule has 4 heteroatoms. The first kappa shape index (κ1) is 21.7. The largest absolute Gasteiger partial charge is 0.508 e. The van der Waals surface area contributed by atoms with Crippen molar-refractivity contribution in [2.75, 3.05) is 6.61 Å². The van der Waals surface area contributed by atoms with Gasteiger partial charge in [-0.25, -0.2) is 4.79 Å². The fourth-order valence-electron chi connectivity index (χ4n) is 3.71. The lowest BCUT2D eigenvalue weighted by molar-refractivity contribution is -0.0538. The Bertz CT molecular complexity index is 544. The summed E-state index contributed by atoms with van der Waals surface area (Å²) in [6.45, 7) is 4.75. The summed E-state index contributed by atoms with van der Waals surface area (Å²) >= 11 is 0. The Labute approximate surface area is 164 Å². The normalized spacial score (nSPS) is 22.4. The molecule has 27 heavy (non-hydrogen) atoms. The minimum absolute atomic E-state index is 0.155. The average Bonchev–Trinajstić information content (AvgIpc) is 2.68. The smallest absolute Gasteiger partial charge is 0.434 e. The third-order valence-electron chi connectivity index (χ3n) is 5.55. The van der Waals surface area contributed by atoms with Crippen LogP contribution in [0.4, 0.5) is 4.79 Å². The summed E-state index contributed by atoms with van der Waals surface area (Å²) in [5.41, 5.74) is 1.49. The number of aliphatic hydroxyl groups is 1. The number of benzene rings is 1. The Hall–Kier alpha value is -1.55. The maximum absolute atomic E-state index is 11.7. The van der Waals surface area contributed by atoms with Crippen LogP contribution in [-0.4, -0.2) is 24.0 Å². The van der Waals surface area contributed by atoms with Gasteiger partial charge in [0.05, 0.1) is 12.2 Å². The van der Waals surface area contributed by atoms with Crippen LogP contribution in [0.1, 0.15) is 89.2 Å². The van der Waals surface area contributed by atoms with E-state index in [-0.39, 0.29) is 6.10 Å². The van der Waals surface area contributed by atoms with Crippen LogP contribution in [0.5, 0.6) is 0 Å². The van der Waals surface area contributed by atoms with Crippen LogP contribution in [0.3, 0.4) is 0 Å². The number of hydrogen-bond donors (Lipinski definition) is 1. The molecule has 1 aliphatic carbocycles. The van der Waals surface area contributed by atoms with Gasteiger partial charge in [0.25, 0.3) is 0 Å². The third kappa shape index (κ3) is 7.17. The molecule has 1 aliphatic rings. The minimum atomic E-state index is -0.813. The minimum Gasteiger partial charge on any atom is -0.434 e. The van der Waals surface area contributed by atoms with Gasteiger partial charge in [0.2, 0.25) is 0 Å². The van der Waals surface area contributed by atoms with Crippen LogP contribution >= 0.6 is 0 Å². The molecule has 4 nitrogen and oxygen atoms in total. The van der Waals surface area contributed by atoms with Crippen LogP contribution < -0.4 is 0 Å². The predicted octanol–water partition coefficient (Wildman–Crippen LogP) is 5.89. The summed E-state index contributed by atoms with van der Waals surface area (Å²) in [4.78, 5) is 11.7. The molecule has 1 N–H and O–H groups in total. The molecule has 0 spiro atoms. The zero-order chi connectivity index (χ0) is 19.5. The molecule has 1 saturated carbocycles. The van der Waals surface area contributed by atoms with Gasteiger partial charge in [-0.15, -0.1) is 0 Å². The van der Waals surface area contributed by atoms with E-state index >= 15 is 0 Å². The van der Waals surface area contributed by atoms with Crippen LogP contribution in [0, 0.1) is 0 Å². The highest BCUT2D eigenvalue weighted by atomic mass is 16.7. The summed E-state index contributed by atoms with van der Waals surface area (Å²) < 4.78 is 10.5. The van der Waals surface area contributed by atoms with Gasteiger partial charge >= 0.3 is 6.16 Å². The summed E-state index contributed by atoms with van der Waals surface area (Å²) in [6, 6.07) is 8.40. The molecule has 0 aromatic heterocycles. The zero-order valence-corrected chi connectivity index (χ0v) is 17.0. The molecule has 1 fully saturated rings. The highest BCUT2D eigenvalue weighted by Crippen LogP contribution is 2.38. The molecular weight excluding hydrogens is 340 g/mol. The number of rotatable bonds is 10. The molecule has 1 aromatic carbocycles. The van der Waals surface area contributed by atoms with E-state index in [1.807, 2.05) is 0 Å². The van der Waals surface area contributed by atoms with Gasteiger partial charge in [-0.05, 0) is 56.1 Å². The van der Waals surface area contributed by atoms with E-state index in [0.717, 1.165) is 31.2 Å². The van der Waals surface area contributed by atoms with E-state index in [0.29, 0.717) is 32.3 Å². The lowest BCUT2D eigenvalue weighted by Crippen LogP contribution is -2.35. The monoisotopic (exact) mass is 376 g/mol. The van der Waals surface area contributed by atoms with Crippen LogP contribution in [0.25, 0.3) is 0 Å². The molecule has 0 heterocycles. The van der Waals surface area contributed by atoms with E-state index in [1.54, 1.807) is 0 Å². The molecule has 2 rings (SSSR count). The van der Waals surface area contributed by atoms with E-state index in [9.17, 15) is 9.90 Å². The maximum atomic E-state index is 11.7. The van der Waals surface area contributed by atoms with E-state index < -0.39 is 11.8 Å². The van der Waals surface area contributed by atoms with Crippen molar-refractivity contribution >= 4 is 6.16 Å². The molecule has 1 aromatic rings. The average molecular weight is 377 g/mol. The number of hydrogen-bond acceptors (Lipinski definition) is 4. The second-order valence-corrected chi connectivity index (χ2v) is 7.81. The van der Waals surface area contributed by atoms with E-state index in [1.165, 1.54) is 24.8 Å². The van der Waals surface area contributed by atoms with E-state index in [4.69, 9.17) is 9.47 Å². The quantitative estimate of drug-likeness (QED) is 0.408. The van der Waals surface area contributed by atoms with Gasteiger partial charge in [-0.2, -0.15) is 0 Å². The fraction of sp³-hybridized carbons (Fsp3) is 0.696. The lowest BCUT2D eigenvalue weighted by Gasteiger charge is -2.36. The van der Waals surface area contributed by atoms with Crippen molar-refractivity contribution in [1.29, 1.82) is 0 Å². The van der Waals surface area contributed by atoms with Crippen molar-refractivity contribution in [3.05, 3.63) is 35.4 Å². The van der Waals surface area contributed by atoms with Crippen molar-refractivity contribution in [3.63, 3.8) is 0 Å². The van der Waals surface area contributed by atoms with E-state index in [2.05, 4.69) is 38.1 Å². The Balaban J connectivity index is 1.76. The Kier molecular flexibility index (Phi) is 9.12. The molecule has 0 amide bonds. The van der Waals surface area contributed by atoms with Crippen LogP contribution in [-0.2, 0) is 21.5 Å². The van der Waals surface area contributed by atoms with Gasteiger partial charge in [0, 0.05) is 0 Å². The first-order chi connectivity index (χ1) is 13.1. The molecule has 152 valence electrons. The molecule has 0 saturated heterocycles. The van der Waals surface area contributed by atoms with Crippen molar-refractivity contribution in [2.45, 2.75) is 96.2 Å². The van der Waals surface area contributed by atoms with Gasteiger partial charge in [-0.3, -0.25) is 0 Å². The van der Waals surface area contributed by atoms with Crippen molar-refractivity contribution in [1.82, 2.24) is 0 Å². The highest BCUT2D eigenvalue weighted by Gasteiger charge is 2.36. The topological polar surface area (TPSA) is 55.8 Å². The molecular formula is C23H36O4. The van der Waals surface area contributed by atoms with Gasteiger partial charge in [0.1, 0.15) is 6.10 Å².